The smallest absolute Gasteiger partial charge is 0.339 e. The zero-order valence-electron chi connectivity index (χ0n) is 12.8. The number of benzene rings is 3. The molecule has 0 aliphatic carbocycles. The van der Waals surface area contributed by atoms with Crippen molar-refractivity contribution in [3.63, 3.8) is 0 Å². The van der Waals surface area contributed by atoms with Crippen LogP contribution in [-0.2, 0) is 10.1 Å². The number of hydrogen-bond acceptors (Lipinski definition) is 4. The van der Waals surface area contributed by atoms with Gasteiger partial charge in [-0.2, -0.15) is 8.42 Å². The van der Waals surface area contributed by atoms with Crippen LogP contribution < -0.4 is 9.08 Å². The van der Waals surface area contributed by atoms with E-state index < -0.39 is 10.1 Å². The monoisotopic (exact) mass is 339 g/mol. The Hall–Kier alpha value is -2.86. The normalized spacial score (nSPS) is 13.5. The lowest BCUT2D eigenvalue weighted by Gasteiger charge is -2.12. The van der Waals surface area contributed by atoms with Gasteiger partial charge in [0.15, 0.2) is 0 Å². The van der Waals surface area contributed by atoms with Crippen LogP contribution in [0.15, 0.2) is 65.6 Å². The van der Waals surface area contributed by atoms with Crippen LogP contribution in [0.4, 0.5) is 5.69 Å². The minimum Gasteiger partial charge on any atom is -0.379 e. The highest BCUT2D eigenvalue weighted by Gasteiger charge is 2.30. The molecule has 0 fully saturated rings. The van der Waals surface area contributed by atoms with E-state index in [-0.39, 0.29) is 16.6 Å². The summed E-state index contributed by atoms with van der Waals surface area (Å²) in [5, 5.41) is 1.13. The van der Waals surface area contributed by atoms with Gasteiger partial charge in [0.2, 0.25) is 0 Å². The fourth-order valence-corrected chi connectivity index (χ4v) is 4.10. The van der Waals surface area contributed by atoms with E-state index in [2.05, 4.69) is 0 Å². The Kier molecular flexibility index (Phi) is 3.11. The molecule has 0 spiro atoms. The largest absolute Gasteiger partial charge is 0.379 e. The highest BCUT2D eigenvalue weighted by Crippen LogP contribution is 2.39. The summed E-state index contributed by atoms with van der Waals surface area (Å²) < 4.78 is 30.6. The zero-order chi connectivity index (χ0) is 16.9. The van der Waals surface area contributed by atoms with E-state index in [1.807, 2.05) is 0 Å². The molecule has 3 aromatic carbocycles. The Morgan fingerprint density at radius 2 is 1.67 bits per heavy atom. The van der Waals surface area contributed by atoms with E-state index in [0.717, 1.165) is 0 Å². The van der Waals surface area contributed by atoms with Gasteiger partial charge in [-0.3, -0.25) is 4.79 Å². The van der Waals surface area contributed by atoms with Gasteiger partial charge in [-0.15, -0.1) is 0 Å². The number of rotatable bonds is 3. The van der Waals surface area contributed by atoms with E-state index in [4.69, 9.17) is 4.18 Å². The molecule has 0 aromatic heterocycles. The van der Waals surface area contributed by atoms with Gasteiger partial charge in [0, 0.05) is 23.4 Å². The fourth-order valence-electron chi connectivity index (χ4n) is 2.97. The number of amides is 1. The Bertz CT molecular complexity index is 1070. The van der Waals surface area contributed by atoms with Gasteiger partial charge in [-0.1, -0.05) is 30.3 Å². The van der Waals surface area contributed by atoms with Crippen molar-refractivity contribution in [1.82, 2.24) is 0 Å². The molecular weight excluding hydrogens is 326 g/mol. The van der Waals surface area contributed by atoms with E-state index >= 15 is 0 Å². The van der Waals surface area contributed by atoms with Crippen LogP contribution in [0.2, 0.25) is 0 Å². The van der Waals surface area contributed by atoms with Crippen molar-refractivity contribution < 1.29 is 17.4 Å². The van der Waals surface area contributed by atoms with E-state index in [1.54, 1.807) is 61.6 Å². The van der Waals surface area contributed by atoms with Crippen LogP contribution in [0.25, 0.3) is 10.8 Å². The van der Waals surface area contributed by atoms with Crippen molar-refractivity contribution in [3.8, 4) is 5.75 Å². The molecule has 3 aromatic rings. The van der Waals surface area contributed by atoms with Crippen LogP contribution in [0.5, 0.6) is 5.75 Å². The van der Waals surface area contributed by atoms with Crippen LogP contribution in [0, 0.1) is 0 Å². The summed E-state index contributed by atoms with van der Waals surface area (Å²) in [6.45, 7) is 0. The SMILES string of the molecule is CN1C(=O)c2cccc3c(S(=O)(=O)Oc4ccccc4)ccc1c23. The molecule has 5 nitrogen and oxygen atoms in total. The Morgan fingerprint density at radius 3 is 2.42 bits per heavy atom. The molecule has 1 amide bonds. The second-order valence-corrected chi connectivity index (χ2v) is 7.04. The van der Waals surface area contributed by atoms with Gasteiger partial charge in [0.1, 0.15) is 10.6 Å². The molecule has 0 radical (unpaired) electrons. The van der Waals surface area contributed by atoms with Crippen molar-refractivity contribution in [2.24, 2.45) is 0 Å². The average Bonchev–Trinajstić information content (AvgIpc) is 2.82. The summed E-state index contributed by atoms with van der Waals surface area (Å²) in [6.07, 6.45) is 0. The van der Waals surface area contributed by atoms with Gasteiger partial charge < -0.3 is 9.08 Å². The number of nitrogens with zero attached hydrogens (tertiary/aromatic N) is 1. The summed E-state index contributed by atoms with van der Waals surface area (Å²) in [4.78, 5) is 13.8. The van der Waals surface area contributed by atoms with Crippen LogP contribution in [-0.4, -0.2) is 21.4 Å². The second-order valence-electron chi connectivity index (χ2n) is 5.53. The highest BCUT2D eigenvalue weighted by molar-refractivity contribution is 7.87. The maximum absolute atomic E-state index is 12.7. The van der Waals surface area contributed by atoms with Crippen molar-refractivity contribution in [2.75, 3.05) is 11.9 Å². The molecule has 0 saturated carbocycles. The number of carbonyl (C=O) groups is 1. The average molecular weight is 339 g/mol. The first kappa shape index (κ1) is 14.7. The van der Waals surface area contributed by atoms with Crippen molar-refractivity contribution in [3.05, 3.63) is 66.2 Å². The molecule has 0 atom stereocenters. The van der Waals surface area contributed by atoms with E-state index in [1.165, 1.54) is 11.0 Å². The lowest BCUT2D eigenvalue weighted by atomic mass is 10.1. The molecule has 0 bridgehead atoms. The third-order valence-corrected chi connectivity index (χ3v) is 5.40. The highest BCUT2D eigenvalue weighted by atomic mass is 32.2. The molecule has 1 aliphatic heterocycles. The van der Waals surface area contributed by atoms with Gasteiger partial charge in [0.05, 0.1) is 5.69 Å². The number of anilines is 1. The standard InChI is InChI=1S/C18H13NO4S/c1-19-15-10-11-16(13-8-5-9-14(17(13)15)18(19)20)24(21,22)23-12-6-3-2-4-7-12/h2-11H,1H3. The predicted molar refractivity (Wildman–Crippen MR) is 90.9 cm³/mol. The lowest BCUT2D eigenvalue weighted by molar-refractivity contribution is 0.0999. The first-order valence-corrected chi connectivity index (χ1v) is 8.73. The van der Waals surface area contributed by atoms with Crippen molar-refractivity contribution in [1.29, 1.82) is 0 Å². The maximum Gasteiger partial charge on any atom is 0.339 e. The zero-order valence-corrected chi connectivity index (χ0v) is 13.6. The minimum atomic E-state index is -4.01. The minimum absolute atomic E-state index is 0.0510. The Labute approximate surface area is 139 Å². The molecule has 6 heteroatoms. The first-order valence-electron chi connectivity index (χ1n) is 7.32. The summed E-state index contributed by atoms with van der Waals surface area (Å²) >= 11 is 0. The van der Waals surface area contributed by atoms with Crippen LogP contribution in [0.1, 0.15) is 10.4 Å². The molecular formula is C18H13NO4S. The molecule has 0 saturated heterocycles. The van der Waals surface area contributed by atoms with E-state index in [0.29, 0.717) is 22.0 Å². The van der Waals surface area contributed by atoms with Gasteiger partial charge in [-0.05, 0) is 30.3 Å². The molecule has 120 valence electrons. The number of para-hydroxylation sites is 1. The van der Waals surface area contributed by atoms with Gasteiger partial charge in [0.25, 0.3) is 5.91 Å². The van der Waals surface area contributed by atoms with Crippen LogP contribution in [0.3, 0.4) is 0 Å². The molecule has 0 N–H and O–H groups in total. The second kappa shape index (κ2) is 5.07. The fraction of sp³-hybridized carbons (Fsp3) is 0.0556. The van der Waals surface area contributed by atoms with Crippen molar-refractivity contribution >= 4 is 32.5 Å². The first-order chi connectivity index (χ1) is 11.5. The summed E-state index contributed by atoms with van der Waals surface area (Å²) in [7, 11) is -2.34. The summed E-state index contributed by atoms with van der Waals surface area (Å²) in [5.41, 5.74) is 1.20. The topological polar surface area (TPSA) is 63.7 Å². The number of hydrogen-bond donors (Lipinski definition) is 0. The van der Waals surface area contributed by atoms with Crippen molar-refractivity contribution in [2.45, 2.75) is 4.90 Å². The molecule has 24 heavy (non-hydrogen) atoms. The molecule has 1 heterocycles. The summed E-state index contributed by atoms with van der Waals surface area (Å²) in [6, 6.07) is 16.5. The Morgan fingerprint density at radius 1 is 0.917 bits per heavy atom. The quantitative estimate of drug-likeness (QED) is 0.688. The van der Waals surface area contributed by atoms with Crippen LogP contribution >= 0.6 is 0 Å². The molecule has 0 unspecified atom stereocenters. The Balaban J connectivity index is 1.92. The van der Waals surface area contributed by atoms with Gasteiger partial charge in [-0.25, -0.2) is 0 Å². The summed E-state index contributed by atoms with van der Waals surface area (Å²) in [5.74, 6) is 0.100. The molecule has 1 aliphatic rings. The number of carbonyl (C=O) groups excluding carboxylic acids is 1. The lowest BCUT2D eigenvalue weighted by Crippen LogP contribution is -2.20. The maximum atomic E-state index is 12.7. The molecule has 4 rings (SSSR count). The predicted octanol–water partition coefficient (Wildman–Crippen LogP) is 3.20. The third kappa shape index (κ3) is 2.07. The third-order valence-electron chi connectivity index (χ3n) is 4.09. The van der Waals surface area contributed by atoms with Gasteiger partial charge >= 0.3 is 10.1 Å². The van der Waals surface area contributed by atoms with E-state index in [9.17, 15) is 13.2 Å².